The van der Waals surface area contributed by atoms with Gasteiger partial charge in [-0.25, -0.2) is 0 Å². The summed E-state index contributed by atoms with van der Waals surface area (Å²) in [5.41, 5.74) is 0. The quantitative estimate of drug-likeness (QED) is 0.761. The molecule has 0 fully saturated rings. The maximum Gasteiger partial charge on any atom is 0.134 e. The third-order valence-electron chi connectivity index (χ3n) is 2.91. The number of thiophene rings is 2. The van der Waals surface area contributed by atoms with E-state index in [0.717, 1.165) is 25.1 Å². The average molecular weight is 360 g/mol. The normalized spacial score (nSPS) is 12.6. The summed E-state index contributed by atoms with van der Waals surface area (Å²) in [7, 11) is 1.74. The van der Waals surface area contributed by atoms with Gasteiger partial charge in [-0.2, -0.15) is 0 Å². The summed E-state index contributed by atoms with van der Waals surface area (Å²) < 4.78 is 6.66. The summed E-state index contributed by atoms with van der Waals surface area (Å²) in [6.07, 6.45) is 2.13. The number of nitrogens with one attached hydrogen (secondary N) is 1. The molecule has 1 N–H and O–H groups in total. The van der Waals surface area contributed by atoms with E-state index in [1.54, 1.807) is 29.8 Å². The Balaban J connectivity index is 2.18. The highest BCUT2D eigenvalue weighted by molar-refractivity contribution is 9.10. The van der Waals surface area contributed by atoms with Gasteiger partial charge in [-0.15, -0.1) is 22.7 Å². The topological polar surface area (TPSA) is 21.3 Å². The van der Waals surface area contributed by atoms with Crippen molar-refractivity contribution in [1.82, 2.24) is 5.32 Å². The Morgan fingerprint density at radius 3 is 2.74 bits per heavy atom. The van der Waals surface area contributed by atoms with E-state index in [1.807, 2.05) is 6.07 Å². The summed E-state index contributed by atoms with van der Waals surface area (Å²) in [5, 5.41) is 7.85. The Bertz CT molecular complexity index is 509. The van der Waals surface area contributed by atoms with Gasteiger partial charge in [-0.3, -0.25) is 0 Å². The van der Waals surface area contributed by atoms with Crippen LogP contribution in [0.4, 0.5) is 0 Å². The first-order valence-electron chi connectivity index (χ1n) is 6.32. The van der Waals surface area contributed by atoms with Crippen LogP contribution in [-0.2, 0) is 6.42 Å². The minimum absolute atomic E-state index is 0.324. The fourth-order valence-electron chi connectivity index (χ4n) is 1.96. The summed E-state index contributed by atoms with van der Waals surface area (Å²) in [5.74, 6) is 0.992. The first-order chi connectivity index (χ1) is 9.26. The molecule has 2 aromatic rings. The monoisotopic (exact) mass is 359 g/mol. The van der Waals surface area contributed by atoms with E-state index in [9.17, 15) is 0 Å². The van der Waals surface area contributed by atoms with Crippen LogP contribution in [0.3, 0.4) is 0 Å². The number of methoxy groups -OCH3 is 1. The molecule has 2 nitrogen and oxygen atoms in total. The maximum atomic E-state index is 5.46. The van der Waals surface area contributed by atoms with Gasteiger partial charge in [-0.1, -0.05) is 6.92 Å². The molecule has 19 heavy (non-hydrogen) atoms. The largest absolute Gasteiger partial charge is 0.496 e. The molecule has 0 aromatic carbocycles. The van der Waals surface area contributed by atoms with Crippen molar-refractivity contribution >= 4 is 38.6 Å². The van der Waals surface area contributed by atoms with Gasteiger partial charge in [0.25, 0.3) is 0 Å². The molecule has 0 saturated heterocycles. The Morgan fingerprint density at radius 1 is 1.32 bits per heavy atom. The highest BCUT2D eigenvalue weighted by Gasteiger charge is 2.19. The van der Waals surface area contributed by atoms with Crippen molar-refractivity contribution in [2.75, 3.05) is 13.7 Å². The van der Waals surface area contributed by atoms with Crippen molar-refractivity contribution in [3.63, 3.8) is 0 Å². The first-order valence-corrected chi connectivity index (χ1v) is 8.88. The molecular formula is C14H18BrNOS2. The maximum absolute atomic E-state index is 5.46. The predicted octanol–water partition coefficient (Wildman–Crippen LogP) is 4.86. The van der Waals surface area contributed by atoms with Gasteiger partial charge in [0.15, 0.2) is 0 Å². The van der Waals surface area contributed by atoms with E-state index in [-0.39, 0.29) is 0 Å². The van der Waals surface area contributed by atoms with Crippen molar-refractivity contribution < 1.29 is 4.74 Å². The number of hydrogen-bond donors (Lipinski definition) is 1. The van der Waals surface area contributed by atoms with Crippen molar-refractivity contribution in [2.24, 2.45) is 0 Å². The first kappa shape index (κ1) is 15.0. The van der Waals surface area contributed by atoms with Gasteiger partial charge >= 0.3 is 0 Å². The second-order valence-corrected chi connectivity index (χ2v) is 7.06. The van der Waals surface area contributed by atoms with E-state index in [0.29, 0.717) is 6.04 Å². The Hall–Kier alpha value is -0.360. The van der Waals surface area contributed by atoms with Crippen LogP contribution >= 0.6 is 38.6 Å². The van der Waals surface area contributed by atoms with Gasteiger partial charge < -0.3 is 10.1 Å². The third kappa shape index (κ3) is 3.81. The molecule has 0 spiro atoms. The van der Waals surface area contributed by atoms with Crippen molar-refractivity contribution in [2.45, 2.75) is 25.8 Å². The molecule has 0 aliphatic rings. The zero-order chi connectivity index (χ0) is 13.7. The second-order valence-electron chi connectivity index (χ2n) is 4.26. The van der Waals surface area contributed by atoms with E-state index < -0.39 is 0 Å². The van der Waals surface area contributed by atoms with E-state index in [1.165, 1.54) is 14.2 Å². The van der Waals surface area contributed by atoms with Crippen molar-refractivity contribution in [1.29, 1.82) is 0 Å². The van der Waals surface area contributed by atoms with Crippen LogP contribution in [0, 0.1) is 0 Å². The number of ether oxygens (including phenoxy) is 1. The molecule has 2 aromatic heterocycles. The Kier molecular flexibility index (Phi) is 5.88. The Morgan fingerprint density at radius 2 is 2.11 bits per heavy atom. The van der Waals surface area contributed by atoms with Gasteiger partial charge in [-0.05, 0) is 51.8 Å². The van der Waals surface area contributed by atoms with E-state index in [2.05, 4.69) is 45.0 Å². The van der Waals surface area contributed by atoms with Crippen LogP contribution in [0.2, 0.25) is 0 Å². The minimum Gasteiger partial charge on any atom is -0.496 e. The van der Waals surface area contributed by atoms with Gasteiger partial charge in [0.1, 0.15) is 5.75 Å². The molecule has 0 aliphatic heterocycles. The summed E-state index contributed by atoms with van der Waals surface area (Å²) in [6.45, 7) is 3.21. The lowest BCUT2D eigenvalue weighted by Crippen LogP contribution is -2.23. The van der Waals surface area contributed by atoms with Crippen LogP contribution in [0.5, 0.6) is 5.75 Å². The van der Waals surface area contributed by atoms with E-state index >= 15 is 0 Å². The zero-order valence-corrected chi connectivity index (χ0v) is 14.3. The molecule has 2 heterocycles. The second kappa shape index (κ2) is 7.43. The lowest BCUT2D eigenvalue weighted by atomic mass is 10.1. The number of rotatable bonds is 7. The molecule has 1 atom stereocenters. The SMILES string of the molecule is CCCNC(Cc1sccc1Br)c1sccc1OC. The molecule has 0 amide bonds. The van der Waals surface area contributed by atoms with Gasteiger partial charge in [0.05, 0.1) is 18.0 Å². The standard InChI is InChI=1S/C14H18BrNOS2/c1-3-6-16-11(9-13-10(15)4-7-18-13)14-12(17-2)5-8-19-14/h4-5,7-8,11,16H,3,6,9H2,1-2H3. The molecule has 1 unspecified atom stereocenters. The molecule has 0 radical (unpaired) electrons. The molecule has 5 heteroatoms. The van der Waals surface area contributed by atoms with Crippen molar-refractivity contribution in [3.05, 3.63) is 37.1 Å². The van der Waals surface area contributed by atoms with Gasteiger partial charge in [0.2, 0.25) is 0 Å². The number of hydrogen-bond acceptors (Lipinski definition) is 4. The zero-order valence-electron chi connectivity index (χ0n) is 11.1. The molecule has 2 rings (SSSR count). The summed E-state index contributed by atoms with van der Waals surface area (Å²) in [6, 6.07) is 4.48. The third-order valence-corrected chi connectivity index (χ3v) is 5.88. The lowest BCUT2D eigenvalue weighted by molar-refractivity contribution is 0.402. The molecular weight excluding hydrogens is 342 g/mol. The molecule has 104 valence electrons. The van der Waals surface area contributed by atoms with Gasteiger partial charge in [0, 0.05) is 15.8 Å². The highest BCUT2D eigenvalue weighted by Crippen LogP contribution is 2.35. The molecule has 0 saturated carbocycles. The minimum atomic E-state index is 0.324. The predicted molar refractivity (Wildman–Crippen MR) is 87.6 cm³/mol. The van der Waals surface area contributed by atoms with Crippen LogP contribution in [0.25, 0.3) is 0 Å². The van der Waals surface area contributed by atoms with Crippen molar-refractivity contribution in [3.8, 4) is 5.75 Å². The highest BCUT2D eigenvalue weighted by atomic mass is 79.9. The number of halogens is 1. The van der Waals surface area contributed by atoms with Crippen LogP contribution in [0.15, 0.2) is 27.4 Å². The fourth-order valence-corrected chi connectivity index (χ4v) is 4.46. The van der Waals surface area contributed by atoms with E-state index in [4.69, 9.17) is 4.74 Å². The summed E-state index contributed by atoms with van der Waals surface area (Å²) in [4.78, 5) is 2.67. The van der Waals surface area contributed by atoms with Crippen LogP contribution in [-0.4, -0.2) is 13.7 Å². The summed E-state index contributed by atoms with van der Waals surface area (Å²) >= 11 is 7.18. The average Bonchev–Trinajstić information content (AvgIpc) is 3.03. The smallest absolute Gasteiger partial charge is 0.134 e. The van der Waals surface area contributed by atoms with Crippen LogP contribution < -0.4 is 10.1 Å². The fraction of sp³-hybridized carbons (Fsp3) is 0.429. The lowest BCUT2D eigenvalue weighted by Gasteiger charge is -2.18. The molecule has 0 aliphatic carbocycles. The molecule has 0 bridgehead atoms. The Labute approximate surface area is 130 Å². The van der Waals surface area contributed by atoms with Crippen LogP contribution in [0.1, 0.15) is 29.1 Å².